The van der Waals surface area contributed by atoms with Crippen LogP contribution in [0.3, 0.4) is 0 Å². The van der Waals surface area contributed by atoms with Gasteiger partial charge in [-0.05, 0) is 0 Å². The summed E-state index contributed by atoms with van der Waals surface area (Å²) in [6, 6.07) is 0. The number of rotatable bonds is 0. The Kier molecular flexibility index (Phi) is 3.35. The van der Waals surface area contributed by atoms with Gasteiger partial charge in [0.05, 0.1) is 0 Å². The molecule has 0 saturated carbocycles. The van der Waals surface area contributed by atoms with Crippen LogP contribution < -0.4 is 0 Å². The van der Waals surface area contributed by atoms with Gasteiger partial charge in [-0.25, -0.2) is 0 Å². The predicted octanol–water partition coefficient (Wildman–Crippen LogP) is 1.95. The van der Waals surface area contributed by atoms with Gasteiger partial charge in [-0.2, -0.15) is 0 Å². The first-order valence-corrected chi connectivity index (χ1v) is 13.9. The Labute approximate surface area is 45.3 Å². The van der Waals surface area contributed by atoms with Crippen LogP contribution >= 0.6 is 16.9 Å². The molecule has 0 aromatic rings. The van der Waals surface area contributed by atoms with E-state index in [-0.39, 0.29) is 0 Å². The Bertz CT molecular complexity index is 53.0. The van der Waals surface area contributed by atoms with E-state index in [9.17, 15) is 0.938 Å². The molecule has 0 heterocycles. The minimum absolute atomic E-state index is 4.11. The van der Waals surface area contributed by atoms with Gasteiger partial charge >= 0.3 is 46.5 Å². The second kappa shape index (κ2) is 2.38. The fourth-order valence-corrected chi connectivity index (χ4v) is 0. The zero-order valence-electron chi connectivity index (χ0n) is 2.04. The van der Waals surface area contributed by atoms with E-state index in [1.165, 1.54) is 0 Å². The van der Waals surface area contributed by atoms with Crippen LogP contribution in [0.15, 0.2) is 0 Å². The third kappa shape index (κ3) is 23.6. The summed E-state index contributed by atoms with van der Waals surface area (Å²) in [5.41, 5.74) is 14.2. The Hall–Kier alpha value is 2.05. The van der Waals surface area contributed by atoms with E-state index in [1.807, 2.05) is 0 Å². The molecule has 0 saturated heterocycles. The number of hydrogen-bond donors (Lipinski definition) is 0. The van der Waals surface area contributed by atoms with E-state index in [2.05, 4.69) is 0 Å². The average Bonchev–Trinajstić information content (AvgIpc) is 0.722. The van der Waals surface area contributed by atoms with Crippen LogP contribution in [-0.4, -0.2) is 0 Å². The quantitative estimate of drug-likeness (QED) is 0.652. The molecule has 0 aliphatic rings. The zero-order valence-corrected chi connectivity index (χ0v) is 7.45. The number of halogens is 3. The molecule has 0 radical (unpaired) electrons. The molecule has 0 bridgehead atoms. The standard InChI is InChI=1S/Ce.3ClH.O/h;3*1H;/q+3;;;;/p-3. The van der Waals surface area contributed by atoms with Gasteiger partial charge in [-0.3, -0.25) is 0 Å². The first kappa shape index (κ1) is 7.05. The molecule has 0 spiro atoms. The molecule has 31 valence electrons. The first-order valence-electron chi connectivity index (χ1n) is 0.771. The molecule has 0 aliphatic carbocycles. The van der Waals surface area contributed by atoms with Crippen molar-refractivity contribution in [1.29, 1.82) is 0 Å². The minimum atomic E-state index is -4.11. The summed E-state index contributed by atoms with van der Waals surface area (Å²) in [6.45, 7) is 0. The van der Waals surface area contributed by atoms with Crippen molar-refractivity contribution in [2.45, 2.75) is 0 Å². The topological polar surface area (TPSA) is 17.1 Å². The van der Waals surface area contributed by atoms with Gasteiger partial charge in [0.2, 0.25) is 0 Å². The van der Waals surface area contributed by atoms with Gasteiger partial charge in [0.15, 0.2) is 0 Å². The van der Waals surface area contributed by atoms with Gasteiger partial charge in [0.25, 0.3) is 0 Å². The van der Waals surface area contributed by atoms with Crippen LogP contribution in [-0.2, 0) is 0.938 Å². The molecule has 0 fully saturated rings. The van der Waals surface area contributed by atoms with E-state index in [1.54, 1.807) is 0 Å². The van der Waals surface area contributed by atoms with Crippen LogP contribution in [0.4, 0.5) is 0 Å². The molecule has 0 aliphatic heterocycles. The normalized spacial score (nSPS) is 11.8. The summed E-state index contributed by atoms with van der Waals surface area (Å²) in [5, 5.41) is 0. The fraction of sp³-hybridized carbons (Fsp3) is 0. The summed E-state index contributed by atoms with van der Waals surface area (Å²) >= 11 is -4.11. The van der Waals surface area contributed by atoms with Crippen molar-refractivity contribution in [3.63, 3.8) is 0 Å². The van der Waals surface area contributed by atoms with Crippen molar-refractivity contribution >= 4 is 16.9 Å². The summed E-state index contributed by atoms with van der Waals surface area (Å²) in [6.07, 6.45) is 0. The molecule has 0 N–H and O–H groups in total. The summed E-state index contributed by atoms with van der Waals surface area (Å²) < 4.78 is 9.62. The second-order valence-corrected chi connectivity index (χ2v) is 19.1. The molecule has 0 aromatic heterocycles. The van der Waals surface area contributed by atoms with Crippen LogP contribution in [0.1, 0.15) is 0 Å². The van der Waals surface area contributed by atoms with Crippen molar-refractivity contribution in [2.24, 2.45) is 0 Å². The molecule has 0 rings (SSSR count). The molecular weight excluding hydrogens is 262 g/mol. The monoisotopic (exact) mass is 261 g/mol. The van der Waals surface area contributed by atoms with E-state index in [0.29, 0.717) is 0 Å². The molecule has 0 atom stereocenters. The Balaban J connectivity index is 3.47. The van der Waals surface area contributed by atoms with E-state index >= 15 is 0 Å². The van der Waals surface area contributed by atoms with E-state index < -0.39 is 28.7 Å². The summed E-state index contributed by atoms with van der Waals surface area (Å²) in [7, 11) is 0. The van der Waals surface area contributed by atoms with Crippen molar-refractivity contribution < 1.29 is 29.6 Å². The van der Waals surface area contributed by atoms with Gasteiger partial charge < -0.3 is 0 Å². The van der Waals surface area contributed by atoms with Crippen LogP contribution in [0.25, 0.3) is 0 Å². The van der Waals surface area contributed by atoms with E-state index in [0.717, 1.165) is 0 Å². The average molecular weight is 262 g/mol. The molecule has 5 heteroatoms. The third-order valence-corrected chi connectivity index (χ3v) is 0. The van der Waals surface area contributed by atoms with Gasteiger partial charge in [0.1, 0.15) is 0 Å². The molecule has 5 heavy (non-hydrogen) atoms. The van der Waals surface area contributed by atoms with Crippen molar-refractivity contribution in [3.05, 3.63) is 0 Å². The Morgan fingerprint density at radius 2 is 1.20 bits per heavy atom. The number of hydrogen-bond acceptors (Lipinski definition) is 1. The second-order valence-electron chi connectivity index (χ2n) is 0.446. The third-order valence-electron chi connectivity index (χ3n) is 0. The SMILES string of the molecule is [O]=[Ce]([Cl])([Cl])[Cl]. The molecular formula is CeCl3O. The first-order chi connectivity index (χ1) is 2.00. The molecule has 0 amide bonds. The predicted molar refractivity (Wildman–Crippen MR) is 18.2 cm³/mol. The van der Waals surface area contributed by atoms with Crippen LogP contribution in [0.2, 0.25) is 0 Å². The van der Waals surface area contributed by atoms with E-state index in [4.69, 9.17) is 16.9 Å². The summed E-state index contributed by atoms with van der Waals surface area (Å²) in [4.78, 5) is 0. The molecule has 0 aromatic carbocycles. The fourth-order valence-electron chi connectivity index (χ4n) is 0. The Morgan fingerprint density at radius 1 is 1.20 bits per heavy atom. The van der Waals surface area contributed by atoms with Crippen LogP contribution in [0, 0.1) is 28.7 Å². The van der Waals surface area contributed by atoms with Crippen molar-refractivity contribution in [1.82, 2.24) is 0 Å². The van der Waals surface area contributed by atoms with Gasteiger partial charge in [-0.15, -0.1) is 0 Å². The maximum absolute atomic E-state index is 9.62. The van der Waals surface area contributed by atoms with Crippen molar-refractivity contribution in [3.8, 4) is 0 Å². The van der Waals surface area contributed by atoms with Gasteiger partial charge in [-0.1, -0.05) is 0 Å². The van der Waals surface area contributed by atoms with Crippen LogP contribution in [0.5, 0.6) is 0 Å². The molecule has 0 unspecified atom stereocenters. The summed E-state index contributed by atoms with van der Waals surface area (Å²) in [5.74, 6) is 0. The Morgan fingerprint density at radius 3 is 1.20 bits per heavy atom. The molecule has 1 nitrogen and oxygen atoms in total. The maximum atomic E-state index is 9.62. The van der Waals surface area contributed by atoms with Gasteiger partial charge in [0, 0.05) is 0 Å². The van der Waals surface area contributed by atoms with Crippen molar-refractivity contribution in [2.75, 3.05) is 0 Å². The zero-order chi connectivity index (χ0) is 4.50.